The van der Waals surface area contributed by atoms with Gasteiger partial charge in [-0.1, -0.05) is 23.7 Å². The van der Waals surface area contributed by atoms with E-state index in [2.05, 4.69) is 11.6 Å². The third kappa shape index (κ3) is 3.86. The molecule has 0 radical (unpaired) electrons. The summed E-state index contributed by atoms with van der Waals surface area (Å²) in [4.78, 5) is 18.4. The van der Waals surface area contributed by atoms with E-state index in [-0.39, 0.29) is 5.91 Å². The molecule has 0 N–H and O–H groups in total. The predicted molar refractivity (Wildman–Crippen MR) is 87.2 cm³/mol. The van der Waals surface area contributed by atoms with Gasteiger partial charge in [-0.25, -0.2) is 0 Å². The molecule has 0 aliphatic carbocycles. The summed E-state index contributed by atoms with van der Waals surface area (Å²) in [5.41, 5.74) is 1.47. The van der Waals surface area contributed by atoms with Crippen LogP contribution in [-0.4, -0.2) is 29.4 Å². The van der Waals surface area contributed by atoms with E-state index in [0.717, 1.165) is 5.56 Å². The highest BCUT2D eigenvalue weighted by Crippen LogP contribution is 2.25. The molecule has 1 amide bonds. The Labute approximate surface area is 135 Å². The van der Waals surface area contributed by atoms with Crippen LogP contribution < -0.4 is 4.74 Å². The minimum absolute atomic E-state index is 0.117. The fourth-order valence-electron chi connectivity index (χ4n) is 2.07. The van der Waals surface area contributed by atoms with Crippen molar-refractivity contribution in [2.24, 2.45) is 0 Å². The number of hydrogen-bond acceptors (Lipinski definition) is 3. The van der Waals surface area contributed by atoms with Gasteiger partial charge in [0.15, 0.2) is 0 Å². The van der Waals surface area contributed by atoms with Crippen molar-refractivity contribution in [3.63, 3.8) is 0 Å². The number of ether oxygens (including phenoxy) is 1. The Morgan fingerprint density at radius 2 is 2.27 bits per heavy atom. The molecule has 1 heterocycles. The van der Waals surface area contributed by atoms with Gasteiger partial charge in [-0.15, -0.1) is 6.58 Å². The molecule has 22 heavy (non-hydrogen) atoms. The fraction of sp³-hybridized carbons (Fsp3) is 0.176. The lowest BCUT2D eigenvalue weighted by Gasteiger charge is -2.21. The number of nitrogens with zero attached hydrogens (tertiary/aromatic N) is 2. The number of methoxy groups -OCH3 is 1. The van der Waals surface area contributed by atoms with Crippen LogP contribution in [0.25, 0.3) is 0 Å². The Hall–Kier alpha value is -2.33. The minimum atomic E-state index is -0.117. The molecule has 0 bridgehead atoms. The lowest BCUT2D eigenvalue weighted by molar-refractivity contribution is 0.0762. The Kier molecular flexibility index (Phi) is 5.55. The molecule has 0 atom stereocenters. The van der Waals surface area contributed by atoms with Crippen LogP contribution in [0.4, 0.5) is 0 Å². The van der Waals surface area contributed by atoms with E-state index >= 15 is 0 Å². The van der Waals surface area contributed by atoms with Gasteiger partial charge in [-0.05, 0) is 29.8 Å². The van der Waals surface area contributed by atoms with Gasteiger partial charge in [0.25, 0.3) is 5.91 Å². The van der Waals surface area contributed by atoms with Crippen LogP contribution in [0.3, 0.4) is 0 Å². The third-order valence-corrected chi connectivity index (χ3v) is 3.43. The first-order chi connectivity index (χ1) is 10.7. The molecule has 0 aliphatic rings. The van der Waals surface area contributed by atoms with E-state index in [0.29, 0.717) is 29.4 Å². The standard InChI is InChI=1S/C17H17ClN2O2/c1-3-9-20(12-13-5-4-8-19-11-13)17(21)14-6-7-16(22-2)15(18)10-14/h3-8,10-11H,1,9,12H2,2H3. The highest BCUT2D eigenvalue weighted by Gasteiger charge is 2.16. The summed E-state index contributed by atoms with van der Waals surface area (Å²) in [7, 11) is 1.54. The number of halogens is 1. The van der Waals surface area contributed by atoms with Crippen LogP contribution in [0, 0.1) is 0 Å². The first-order valence-corrected chi connectivity index (χ1v) is 7.16. The zero-order chi connectivity index (χ0) is 15.9. The van der Waals surface area contributed by atoms with Crippen LogP contribution >= 0.6 is 11.6 Å². The van der Waals surface area contributed by atoms with Crippen molar-refractivity contribution in [2.75, 3.05) is 13.7 Å². The second kappa shape index (κ2) is 7.61. The number of amides is 1. The number of aromatic nitrogens is 1. The molecule has 0 saturated heterocycles. The predicted octanol–water partition coefficient (Wildman–Crippen LogP) is 3.57. The molecule has 1 aromatic heterocycles. The highest BCUT2D eigenvalue weighted by molar-refractivity contribution is 6.32. The number of rotatable bonds is 6. The van der Waals surface area contributed by atoms with Crippen LogP contribution in [0.2, 0.25) is 5.02 Å². The average Bonchev–Trinajstić information content (AvgIpc) is 2.54. The van der Waals surface area contributed by atoms with E-state index in [1.165, 1.54) is 7.11 Å². The van der Waals surface area contributed by atoms with Gasteiger partial charge in [0.2, 0.25) is 0 Å². The van der Waals surface area contributed by atoms with Gasteiger partial charge < -0.3 is 9.64 Å². The first-order valence-electron chi connectivity index (χ1n) is 6.78. The molecule has 4 nitrogen and oxygen atoms in total. The largest absolute Gasteiger partial charge is 0.495 e. The molecule has 0 spiro atoms. The number of hydrogen-bond donors (Lipinski definition) is 0. The molecular weight excluding hydrogens is 300 g/mol. The second-order valence-corrected chi connectivity index (χ2v) is 5.09. The smallest absolute Gasteiger partial charge is 0.254 e. The molecule has 0 saturated carbocycles. The van der Waals surface area contributed by atoms with E-state index in [1.807, 2.05) is 12.1 Å². The SMILES string of the molecule is C=CCN(Cc1cccnc1)C(=O)c1ccc(OC)c(Cl)c1. The highest BCUT2D eigenvalue weighted by atomic mass is 35.5. The van der Waals surface area contributed by atoms with Gasteiger partial charge in [0.05, 0.1) is 12.1 Å². The number of pyridine rings is 1. The maximum atomic E-state index is 12.6. The van der Waals surface area contributed by atoms with Crippen molar-refractivity contribution in [1.82, 2.24) is 9.88 Å². The Balaban J connectivity index is 2.22. The summed E-state index contributed by atoms with van der Waals surface area (Å²) in [6.07, 6.45) is 5.14. The van der Waals surface area contributed by atoms with Gasteiger partial charge in [0, 0.05) is 31.0 Å². The molecule has 0 aliphatic heterocycles. The summed E-state index contributed by atoms with van der Waals surface area (Å²) in [6, 6.07) is 8.77. The molecule has 0 unspecified atom stereocenters. The van der Waals surface area contributed by atoms with Crippen LogP contribution in [0.5, 0.6) is 5.75 Å². The van der Waals surface area contributed by atoms with Gasteiger partial charge in [-0.3, -0.25) is 9.78 Å². The van der Waals surface area contributed by atoms with E-state index < -0.39 is 0 Å². The first kappa shape index (κ1) is 16.0. The zero-order valence-electron chi connectivity index (χ0n) is 12.3. The molecule has 2 aromatic rings. The lowest BCUT2D eigenvalue weighted by atomic mass is 10.1. The topological polar surface area (TPSA) is 42.4 Å². The molecule has 114 valence electrons. The van der Waals surface area contributed by atoms with Crippen LogP contribution in [0.1, 0.15) is 15.9 Å². The summed E-state index contributed by atoms with van der Waals surface area (Å²) < 4.78 is 5.10. The van der Waals surface area contributed by atoms with Crippen LogP contribution in [-0.2, 0) is 6.54 Å². The Morgan fingerprint density at radius 3 is 2.86 bits per heavy atom. The molecule has 0 fully saturated rings. The maximum absolute atomic E-state index is 12.6. The average molecular weight is 317 g/mol. The van der Waals surface area contributed by atoms with Crippen molar-refractivity contribution in [3.8, 4) is 5.75 Å². The molecule has 2 rings (SSSR count). The van der Waals surface area contributed by atoms with Crippen LogP contribution in [0.15, 0.2) is 55.4 Å². The third-order valence-electron chi connectivity index (χ3n) is 3.13. The second-order valence-electron chi connectivity index (χ2n) is 4.68. The summed E-state index contributed by atoms with van der Waals surface area (Å²) >= 11 is 6.09. The summed E-state index contributed by atoms with van der Waals surface area (Å²) in [5, 5.41) is 0.410. The molecule has 5 heteroatoms. The van der Waals surface area contributed by atoms with Crippen molar-refractivity contribution < 1.29 is 9.53 Å². The van der Waals surface area contributed by atoms with Gasteiger partial charge >= 0.3 is 0 Å². The van der Waals surface area contributed by atoms with E-state index in [9.17, 15) is 4.79 Å². The van der Waals surface area contributed by atoms with E-state index in [1.54, 1.807) is 41.6 Å². The lowest BCUT2D eigenvalue weighted by Crippen LogP contribution is -2.30. The maximum Gasteiger partial charge on any atom is 0.254 e. The van der Waals surface area contributed by atoms with E-state index in [4.69, 9.17) is 16.3 Å². The van der Waals surface area contributed by atoms with Crippen molar-refractivity contribution >= 4 is 17.5 Å². The number of benzene rings is 1. The monoisotopic (exact) mass is 316 g/mol. The summed E-state index contributed by atoms with van der Waals surface area (Å²) in [6.45, 7) is 4.61. The molecular formula is C17H17ClN2O2. The number of carbonyl (C=O) groups excluding carboxylic acids is 1. The normalized spacial score (nSPS) is 10.1. The Bertz CT molecular complexity index is 659. The van der Waals surface area contributed by atoms with Gasteiger partial charge in [-0.2, -0.15) is 0 Å². The quantitative estimate of drug-likeness (QED) is 0.765. The van der Waals surface area contributed by atoms with Gasteiger partial charge in [0.1, 0.15) is 5.75 Å². The van der Waals surface area contributed by atoms with Crippen molar-refractivity contribution in [2.45, 2.75) is 6.54 Å². The van der Waals surface area contributed by atoms with Crippen molar-refractivity contribution in [3.05, 3.63) is 71.5 Å². The number of carbonyl (C=O) groups is 1. The minimum Gasteiger partial charge on any atom is -0.495 e. The van der Waals surface area contributed by atoms with Crippen molar-refractivity contribution in [1.29, 1.82) is 0 Å². The summed E-state index contributed by atoms with van der Waals surface area (Å²) in [5.74, 6) is 0.425. The fourth-order valence-corrected chi connectivity index (χ4v) is 2.33. The molecule has 1 aromatic carbocycles. The zero-order valence-corrected chi connectivity index (χ0v) is 13.1. The Morgan fingerprint density at radius 1 is 1.45 bits per heavy atom.